The van der Waals surface area contributed by atoms with Crippen LogP contribution in [0.25, 0.3) is 10.9 Å². The minimum absolute atomic E-state index is 0.0647. The highest BCUT2D eigenvalue weighted by molar-refractivity contribution is 5.98. The molecule has 128 valence electrons. The standard InChI is InChI=1S/C19H21N5O/c1-14-5-6-15-13-17(21-16(15)12-14)19(25)24-9-3-8-23(10-11-24)18-4-2-7-20-22-18/h2,4-7,12-13,21H,3,8-11H2,1H3. The van der Waals surface area contributed by atoms with Crippen molar-refractivity contribution in [1.29, 1.82) is 0 Å². The van der Waals surface area contributed by atoms with Gasteiger partial charge in [0, 0.05) is 43.3 Å². The van der Waals surface area contributed by atoms with Gasteiger partial charge in [-0.2, -0.15) is 5.10 Å². The number of amides is 1. The zero-order valence-corrected chi connectivity index (χ0v) is 14.3. The maximum atomic E-state index is 12.9. The zero-order valence-electron chi connectivity index (χ0n) is 14.3. The first-order valence-electron chi connectivity index (χ1n) is 8.62. The second-order valence-corrected chi connectivity index (χ2v) is 6.49. The maximum Gasteiger partial charge on any atom is 0.270 e. The number of H-pyrrole nitrogens is 1. The van der Waals surface area contributed by atoms with Gasteiger partial charge in [-0.25, -0.2) is 0 Å². The van der Waals surface area contributed by atoms with Gasteiger partial charge in [-0.3, -0.25) is 4.79 Å². The number of nitrogens with one attached hydrogen (secondary N) is 1. The summed E-state index contributed by atoms with van der Waals surface area (Å²) >= 11 is 0. The number of carbonyl (C=O) groups is 1. The van der Waals surface area contributed by atoms with Crippen molar-refractivity contribution in [2.75, 3.05) is 31.1 Å². The number of hydrogen-bond acceptors (Lipinski definition) is 4. The first-order chi connectivity index (χ1) is 12.2. The predicted molar refractivity (Wildman–Crippen MR) is 97.8 cm³/mol. The van der Waals surface area contributed by atoms with E-state index in [4.69, 9.17) is 0 Å². The molecule has 1 aliphatic rings. The molecule has 0 atom stereocenters. The summed E-state index contributed by atoms with van der Waals surface area (Å²) in [6.07, 6.45) is 2.59. The molecule has 0 aliphatic carbocycles. The Bertz CT molecular complexity index is 889. The lowest BCUT2D eigenvalue weighted by Crippen LogP contribution is -2.35. The van der Waals surface area contributed by atoms with Crippen molar-refractivity contribution in [2.45, 2.75) is 13.3 Å². The van der Waals surface area contributed by atoms with Crippen LogP contribution in [0.15, 0.2) is 42.6 Å². The Hall–Kier alpha value is -2.89. The number of anilines is 1. The summed E-state index contributed by atoms with van der Waals surface area (Å²) in [5.74, 6) is 0.938. The van der Waals surface area contributed by atoms with Crippen LogP contribution < -0.4 is 4.90 Å². The fourth-order valence-corrected chi connectivity index (χ4v) is 3.34. The Balaban J connectivity index is 1.50. The second kappa shape index (κ2) is 6.55. The van der Waals surface area contributed by atoms with E-state index in [-0.39, 0.29) is 5.91 Å². The molecule has 3 aromatic rings. The van der Waals surface area contributed by atoms with Crippen LogP contribution >= 0.6 is 0 Å². The molecule has 1 N–H and O–H groups in total. The number of benzene rings is 1. The Kier molecular flexibility index (Phi) is 4.09. The Morgan fingerprint density at radius 1 is 1.12 bits per heavy atom. The van der Waals surface area contributed by atoms with Crippen LogP contribution in [-0.4, -0.2) is 52.2 Å². The average Bonchev–Trinajstić information content (AvgIpc) is 2.89. The highest BCUT2D eigenvalue weighted by atomic mass is 16.2. The van der Waals surface area contributed by atoms with Crippen molar-refractivity contribution in [1.82, 2.24) is 20.1 Å². The number of carbonyl (C=O) groups excluding carboxylic acids is 1. The zero-order chi connectivity index (χ0) is 17.2. The van der Waals surface area contributed by atoms with Crippen molar-refractivity contribution in [2.24, 2.45) is 0 Å². The van der Waals surface area contributed by atoms with Gasteiger partial charge < -0.3 is 14.8 Å². The Labute approximate surface area is 146 Å². The monoisotopic (exact) mass is 335 g/mol. The predicted octanol–water partition coefficient (Wildman–Crippen LogP) is 2.62. The van der Waals surface area contributed by atoms with Crippen LogP contribution in [0.3, 0.4) is 0 Å². The molecule has 6 heteroatoms. The molecule has 3 heterocycles. The first kappa shape index (κ1) is 15.6. The van der Waals surface area contributed by atoms with Gasteiger partial charge >= 0.3 is 0 Å². The lowest BCUT2D eigenvalue weighted by molar-refractivity contribution is 0.0762. The van der Waals surface area contributed by atoms with E-state index < -0.39 is 0 Å². The summed E-state index contributed by atoms with van der Waals surface area (Å²) in [6.45, 7) is 5.14. The lowest BCUT2D eigenvalue weighted by atomic mass is 10.2. The van der Waals surface area contributed by atoms with Crippen molar-refractivity contribution in [3.8, 4) is 0 Å². The van der Waals surface area contributed by atoms with Crippen molar-refractivity contribution >= 4 is 22.6 Å². The lowest BCUT2D eigenvalue weighted by Gasteiger charge is -2.22. The summed E-state index contributed by atoms with van der Waals surface area (Å²) in [5.41, 5.74) is 2.86. The molecule has 25 heavy (non-hydrogen) atoms. The van der Waals surface area contributed by atoms with E-state index in [1.165, 1.54) is 5.56 Å². The van der Waals surface area contributed by atoms with E-state index in [9.17, 15) is 4.79 Å². The maximum absolute atomic E-state index is 12.9. The number of hydrogen-bond donors (Lipinski definition) is 1. The van der Waals surface area contributed by atoms with Crippen LogP contribution in [0.4, 0.5) is 5.82 Å². The molecular weight excluding hydrogens is 314 g/mol. The van der Waals surface area contributed by atoms with Crippen molar-refractivity contribution in [3.63, 3.8) is 0 Å². The van der Waals surface area contributed by atoms with E-state index in [1.54, 1.807) is 6.20 Å². The normalized spacial score (nSPS) is 15.4. The van der Waals surface area contributed by atoms with E-state index >= 15 is 0 Å². The topological polar surface area (TPSA) is 65.1 Å². The van der Waals surface area contributed by atoms with Gasteiger partial charge in [-0.05, 0) is 43.2 Å². The molecule has 4 rings (SSSR count). The largest absolute Gasteiger partial charge is 0.353 e. The molecule has 0 radical (unpaired) electrons. The molecule has 1 saturated heterocycles. The highest BCUT2D eigenvalue weighted by Crippen LogP contribution is 2.19. The molecule has 1 fully saturated rings. The van der Waals surface area contributed by atoms with E-state index in [1.807, 2.05) is 23.1 Å². The van der Waals surface area contributed by atoms with Gasteiger partial charge in [-0.1, -0.05) is 12.1 Å². The molecule has 1 aliphatic heterocycles. The molecule has 0 saturated carbocycles. The van der Waals surface area contributed by atoms with Crippen molar-refractivity contribution in [3.05, 3.63) is 53.9 Å². The average molecular weight is 335 g/mol. The molecule has 1 amide bonds. The number of nitrogens with zero attached hydrogens (tertiary/aromatic N) is 4. The highest BCUT2D eigenvalue weighted by Gasteiger charge is 2.22. The fraction of sp³-hybridized carbons (Fsp3) is 0.316. The van der Waals surface area contributed by atoms with Crippen LogP contribution in [-0.2, 0) is 0 Å². The number of aromatic amines is 1. The molecule has 1 aromatic carbocycles. The number of aromatic nitrogens is 3. The third-order valence-electron chi connectivity index (χ3n) is 4.67. The molecule has 0 unspecified atom stereocenters. The van der Waals surface area contributed by atoms with Gasteiger partial charge in [0.25, 0.3) is 5.91 Å². The van der Waals surface area contributed by atoms with E-state index in [0.29, 0.717) is 12.2 Å². The quantitative estimate of drug-likeness (QED) is 0.782. The third kappa shape index (κ3) is 3.20. The van der Waals surface area contributed by atoms with Crippen LogP contribution in [0.2, 0.25) is 0 Å². The first-order valence-corrected chi connectivity index (χ1v) is 8.62. The minimum Gasteiger partial charge on any atom is -0.353 e. The summed E-state index contributed by atoms with van der Waals surface area (Å²) < 4.78 is 0. The molecule has 2 aromatic heterocycles. The fourth-order valence-electron chi connectivity index (χ4n) is 3.34. The molecular formula is C19H21N5O. The molecule has 0 bridgehead atoms. The van der Waals surface area contributed by atoms with Crippen molar-refractivity contribution < 1.29 is 4.79 Å². The SMILES string of the molecule is Cc1ccc2cc(C(=O)N3CCCN(c4cccnn4)CC3)[nH]c2c1. The van der Waals surface area contributed by atoms with E-state index in [0.717, 1.165) is 42.8 Å². The number of aryl methyl sites for hydroxylation is 1. The number of fused-ring (bicyclic) bond motifs is 1. The summed E-state index contributed by atoms with van der Waals surface area (Å²) in [4.78, 5) is 20.3. The second-order valence-electron chi connectivity index (χ2n) is 6.49. The van der Waals surface area contributed by atoms with Gasteiger partial charge in [0.2, 0.25) is 0 Å². The van der Waals surface area contributed by atoms with Crippen LogP contribution in [0, 0.1) is 6.92 Å². The molecule has 6 nitrogen and oxygen atoms in total. The molecule has 0 spiro atoms. The minimum atomic E-state index is 0.0647. The van der Waals surface area contributed by atoms with Gasteiger partial charge in [0.1, 0.15) is 5.69 Å². The van der Waals surface area contributed by atoms with Gasteiger partial charge in [0.15, 0.2) is 5.82 Å². The summed E-state index contributed by atoms with van der Waals surface area (Å²) in [6, 6.07) is 12.0. The van der Waals surface area contributed by atoms with Crippen LogP contribution in [0.1, 0.15) is 22.5 Å². The van der Waals surface area contributed by atoms with Gasteiger partial charge in [-0.15, -0.1) is 5.10 Å². The Morgan fingerprint density at radius 2 is 2.04 bits per heavy atom. The van der Waals surface area contributed by atoms with E-state index in [2.05, 4.69) is 45.2 Å². The number of rotatable bonds is 2. The van der Waals surface area contributed by atoms with Crippen LogP contribution in [0.5, 0.6) is 0 Å². The van der Waals surface area contributed by atoms with Gasteiger partial charge in [0.05, 0.1) is 0 Å². The summed E-state index contributed by atoms with van der Waals surface area (Å²) in [5, 5.41) is 9.20. The smallest absolute Gasteiger partial charge is 0.270 e. The third-order valence-corrected chi connectivity index (χ3v) is 4.67. The summed E-state index contributed by atoms with van der Waals surface area (Å²) in [7, 11) is 0. The Morgan fingerprint density at radius 3 is 2.88 bits per heavy atom.